The molecule has 0 saturated heterocycles. The van der Waals surface area contributed by atoms with E-state index in [9.17, 15) is 14.4 Å². The Morgan fingerprint density at radius 1 is 0.379 bits per heavy atom. The number of rotatable bonds is 39. The van der Waals surface area contributed by atoms with Crippen molar-refractivity contribution in [1.82, 2.24) is 0 Å². The molecule has 0 amide bonds. The highest BCUT2D eigenvalue weighted by molar-refractivity contribution is 5.71. The molecule has 1 unspecified atom stereocenters. The van der Waals surface area contributed by atoms with Gasteiger partial charge >= 0.3 is 17.9 Å². The van der Waals surface area contributed by atoms with Crippen molar-refractivity contribution < 1.29 is 28.6 Å². The zero-order valence-corrected chi connectivity index (χ0v) is 37.0. The summed E-state index contributed by atoms with van der Waals surface area (Å²) >= 11 is 0. The van der Waals surface area contributed by atoms with Gasteiger partial charge in [0, 0.05) is 19.3 Å². The monoisotopic (exact) mass is 803 g/mol. The second kappa shape index (κ2) is 45.8. The van der Waals surface area contributed by atoms with Crippen LogP contribution in [0.5, 0.6) is 0 Å². The molecule has 0 aliphatic heterocycles. The van der Waals surface area contributed by atoms with Gasteiger partial charge in [0.2, 0.25) is 0 Å². The average Bonchev–Trinajstić information content (AvgIpc) is 3.22. The van der Waals surface area contributed by atoms with Crippen LogP contribution in [0.2, 0.25) is 0 Å². The molecule has 0 radical (unpaired) electrons. The summed E-state index contributed by atoms with van der Waals surface area (Å²) in [5.41, 5.74) is 0. The Morgan fingerprint density at radius 3 is 1.33 bits per heavy atom. The predicted molar refractivity (Wildman–Crippen MR) is 247 cm³/mol. The molecule has 0 saturated carbocycles. The second-order valence-corrected chi connectivity index (χ2v) is 14.6. The van der Waals surface area contributed by atoms with Gasteiger partial charge in [-0.1, -0.05) is 201 Å². The van der Waals surface area contributed by atoms with Crippen molar-refractivity contribution in [2.45, 2.75) is 187 Å². The van der Waals surface area contributed by atoms with Gasteiger partial charge in [-0.15, -0.1) is 0 Å². The molecule has 58 heavy (non-hydrogen) atoms. The van der Waals surface area contributed by atoms with Crippen LogP contribution in [-0.2, 0) is 28.6 Å². The predicted octanol–water partition coefficient (Wildman–Crippen LogP) is 14.8. The maximum Gasteiger partial charge on any atom is 0.306 e. The molecule has 6 heteroatoms. The quantitative estimate of drug-likeness (QED) is 0.0202. The van der Waals surface area contributed by atoms with Gasteiger partial charge in [-0.05, 0) is 70.6 Å². The molecule has 0 aliphatic carbocycles. The molecule has 0 aromatic rings. The summed E-state index contributed by atoms with van der Waals surface area (Å²) in [6.07, 6.45) is 60.8. The molecule has 0 aromatic carbocycles. The van der Waals surface area contributed by atoms with Gasteiger partial charge in [-0.2, -0.15) is 0 Å². The smallest absolute Gasteiger partial charge is 0.306 e. The maximum atomic E-state index is 12.7. The van der Waals surface area contributed by atoms with E-state index in [2.05, 4.69) is 81.5 Å². The average molecular weight is 803 g/mol. The van der Waals surface area contributed by atoms with Gasteiger partial charge in [0.1, 0.15) is 13.2 Å². The third-order valence-electron chi connectivity index (χ3n) is 9.13. The minimum Gasteiger partial charge on any atom is -0.462 e. The summed E-state index contributed by atoms with van der Waals surface area (Å²) in [6, 6.07) is 0. The maximum absolute atomic E-state index is 12.7. The highest BCUT2D eigenvalue weighted by Gasteiger charge is 2.19. The van der Waals surface area contributed by atoms with E-state index in [1.165, 1.54) is 51.4 Å². The number of allylic oxidation sites excluding steroid dienone is 18. The first-order chi connectivity index (χ1) is 28.5. The van der Waals surface area contributed by atoms with Crippen LogP contribution in [0, 0.1) is 0 Å². The Kier molecular flexibility index (Phi) is 42.7. The van der Waals surface area contributed by atoms with Gasteiger partial charge in [0.15, 0.2) is 6.10 Å². The van der Waals surface area contributed by atoms with Crippen LogP contribution in [0.15, 0.2) is 109 Å². The molecule has 0 heterocycles. The molecule has 0 spiro atoms. The third kappa shape index (κ3) is 43.2. The first-order valence-corrected chi connectivity index (χ1v) is 22.9. The number of unbranched alkanes of at least 4 members (excludes halogenated alkanes) is 13. The highest BCUT2D eigenvalue weighted by atomic mass is 16.6. The second-order valence-electron chi connectivity index (χ2n) is 14.6. The SMILES string of the molecule is CC\C=C/C=C\C=C/C=C\CCCCCC(=O)OC(COC(=O)CC/C=C\C/C=C\C/C=C\C/C=C\C/C=C\CC)COC(=O)CCCCCCCCCCCCC. The van der Waals surface area contributed by atoms with E-state index in [1.54, 1.807) is 0 Å². The fraction of sp³-hybridized carbons (Fsp3) is 0.596. The zero-order chi connectivity index (χ0) is 42.3. The van der Waals surface area contributed by atoms with Gasteiger partial charge in [-0.25, -0.2) is 0 Å². The van der Waals surface area contributed by atoms with Gasteiger partial charge in [0.25, 0.3) is 0 Å². The van der Waals surface area contributed by atoms with E-state index < -0.39 is 6.10 Å². The first-order valence-electron chi connectivity index (χ1n) is 22.9. The lowest BCUT2D eigenvalue weighted by molar-refractivity contribution is -0.166. The molecule has 0 rings (SSSR count). The number of esters is 3. The van der Waals surface area contributed by atoms with E-state index in [0.29, 0.717) is 19.3 Å². The lowest BCUT2D eigenvalue weighted by Crippen LogP contribution is -2.30. The van der Waals surface area contributed by atoms with Crippen LogP contribution in [0.1, 0.15) is 181 Å². The van der Waals surface area contributed by atoms with Gasteiger partial charge in [-0.3, -0.25) is 14.4 Å². The minimum absolute atomic E-state index is 0.118. The van der Waals surface area contributed by atoms with Crippen molar-refractivity contribution in [2.75, 3.05) is 13.2 Å². The van der Waals surface area contributed by atoms with Crippen LogP contribution in [0.4, 0.5) is 0 Å². The van der Waals surface area contributed by atoms with Crippen molar-refractivity contribution in [1.29, 1.82) is 0 Å². The van der Waals surface area contributed by atoms with Crippen molar-refractivity contribution in [3.8, 4) is 0 Å². The Balaban J connectivity index is 4.58. The number of carbonyl (C=O) groups is 3. The summed E-state index contributed by atoms with van der Waals surface area (Å²) < 4.78 is 16.6. The van der Waals surface area contributed by atoms with Crippen LogP contribution in [-0.4, -0.2) is 37.2 Å². The van der Waals surface area contributed by atoms with E-state index >= 15 is 0 Å². The fourth-order valence-corrected chi connectivity index (χ4v) is 5.73. The highest BCUT2D eigenvalue weighted by Crippen LogP contribution is 2.13. The van der Waals surface area contributed by atoms with Gasteiger partial charge < -0.3 is 14.2 Å². The third-order valence-corrected chi connectivity index (χ3v) is 9.13. The van der Waals surface area contributed by atoms with Crippen molar-refractivity contribution in [3.63, 3.8) is 0 Å². The molecule has 1 atom stereocenters. The number of ether oxygens (including phenoxy) is 3. The summed E-state index contributed by atoms with van der Waals surface area (Å²) in [4.78, 5) is 37.7. The normalized spacial score (nSPS) is 13.1. The van der Waals surface area contributed by atoms with Crippen LogP contribution in [0.25, 0.3) is 0 Å². The Hall–Kier alpha value is -3.93. The summed E-state index contributed by atoms with van der Waals surface area (Å²) in [6.45, 7) is 6.24. The van der Waals surface area contributed by atoms with Crippen molar-refractivity contribution >= 4 is 17.9 Å². The van der Waals surface area contributed by atoms with E-state index in [0.717, 1.165) is 77.0 Å². The standard InChI is InChI=1S/C52H82O6/c1-4-7-10-13-16-19-22-24-25-26-28-30-33-36-39-42-45-51(54)57-48-49(47-56-50(53)44-41-38-35-32-29-21-18-15-12-9-6-3)58-52(55)46-43-40-37-34-31-27-23-20-17-14-11-8-5-2/h7-8,10-11,14,16-17,19-20,23-25,27-28,30-31,36,39,49H,4-6,9,12-13,15,18,21-22,26,29,32-35,37-38,40-48H2,1-3H3/b10-7-,11-8-,17-14-,19-16-,23-20-,25-24-,30-28-,31-27-,39-36-. The van der Waals surface area contributed by atoms with Crippen molar-refractivity contribution in [2.24, 2.45) is 0 Å². The van der Waals surface area contributed by atoms with Crippen molar-refractivity contribution in [3.05, 3.63) is 109 Å². The minimum atomic E-state index is -0.826. The summed E-state index contributed by atoms with van der Waals surface area (Å²) in [5, 5.41) is 0. The Morgan fingerprint density at radius 2 is 0.793 bits per heavy atom. The van der Waals surface area contributed by atoms with Crippen LogP contribution >= 0.6 is 0 Å². The number of carbonyl (C=O) groups excluding carboxylic acids is 3. The van der Waals surface area contributed by atoms with E-state index in [1.807, 2.05) is 48.6 Å². The zero-order valence-electron chi connectivity index (χ0n) is 37.0. The number of hydrogen-bond donors (Lipinski definition) is 0. The summed E-state index contributed by atoms with van der Waals surface area (Å²) in [7, 11) is 0. The Labute approximate surface area is 355 Å². The van der Waals surface area contributed by atoms with Crippen LogP contribution < -0.4 is 0 Å². The number of hydrogen-bond acceptors (Lipinski definition) is 6. The molecular formula is C52H82O6. The largest absolute Gasteiger partial charge is 0.462 e. The molecule has 326 valence electrons. The van der Waals surface area contributed by atoms with Crippen LogP contribution in [0.3, 0.4) is 0 Å². The molecule has 0 aliphatic rings. The molecule has 0 N–H and O–H groups in total. The van der Waals surface area contributed by atoms with E-state index in [-0.39, 0.29) is 44.0 Å². The topological polar surface area (TPSA) is 78.9 Å². The molecule has 0 fully saturated rings. The molecule has 6 nitrogen and oxygen atoms in total. The lowest BCUT2D eigenvalue weighted by Gasteiger charge is -2.18. The van der Waals surface area contributed by atoms with Gasteiger partial charge in [0.05, 0.1) is 0 Å². The Bertz CT molecular complexity index is 1240. The summed E-state index contributed by atoms with van der Waals surface area (Å²) in [5.74, 6) is -1.06. The first kappa shape index (κ1) is 54.1. The molecule has 0 aromatic heterocycles. The van der Waals surface area contributed by atoms with E-state index in [4.69, 9.17) is 14.2 Å². The fourth-order valence-electron chi connectivity index (χ4n) is 5.73. The molecule has 0 bridgehead atoms. The lowest BCUT2D eigenvalue weighted by atomic mass is 10.1. The molecular weight excluding hydrogens is 721 g/mol.